The van der Waals surface area contributed by atoms with Crippen LogP contribution >= 0.6 is 0 Å². The highest BCUT2D eigenvalue weighted by molar-refractivity contribution is 6.07. The van der Waals surface area contributed by atoms with E-state index in [9.17, 15) is 9.59 Å². The molecule has 0 saturated heterocycles. The van der Waals surface area contributed by atoms with Gasteiger partial charge in [-0.2, -0.15) is 0 Å². The zero-order valence-corrected chi connectivity index (χ0v) is 10.7. The number of hydrogen-bond acceptors (Lipinski definition) is 3. The summed E-state index contributed by atoms with van der Waals surface area (Å²) in [6.07, 6.45) is 2.05. The molecule has 0 aromatic carbocycles. The van der Waals surface area contributed by atoms with Crippen LogP contribution in [0.2, 0.25) is 0 Å². The zero-order chi connectivity index (χ0) is 12.3. The molecule has 1 aliphatic rings. The summed E-state index contributed by atoms with van der Waals surface area (Å²) in [5.41, 5.74) is -0.783. The largest absolute Gasteiger partial charge is 0.465 e. The zero-order valence-electron chi connectivity index (χ0n) is 10.7. The first-order chi connectivity index (χ1) is 7.48. The molecule has 3 nitrogen and oxygen atoms in total. The second kappa shape index (κ2) is 4.98. The van der Waals surface area contributed by atoms with E-state index in [-0.39, 0.29) is 17.7 Å². The number of ketones is 1. The molecule has 2 atom stereocenters. The Hall–Kier alpha value is -0.860. The van der Waals surface area contributed by atoms with Crippen molar-refractivity contribution in [1.29, 1.82) is 0 Å². The van der Waals surface area contributed by atoms with E-state index >= 15 is 0 Å². The molecule has 1 saturated carbocycles. The fourth-order valence-corrected chi connectivity index (χ4v) is 2.34. The van der Waals surface area contributed by atoms with Crippen molar-refractivity contribution in [3.8, 4) is 0 Å². The molecule has 2 unspecified atom stereocenters. The van der Waals surface area contributed by atoms with Crippen LogP contribution in [0.25, 0.3) is 0 Å². The summed E-state index contributed by atoms with van der Waals surface area (Å²) in [6.45, 7) is 8.16. The predicted molar refractivity (Wildman–Crippen MR) is 61.9 cm³/mol. The Kier molecular flexibility index (Phi) is 4.11. The van der Waals surface area contributed by atoms with Gasteiger partial charge in [-0.25, -0.2) is 0 Å². The summed E-state index contributed by atoms with van der Waals surface area (Å²) in [6, 6.07) is 0. The molecule has 0 N–H and O–H groups in total. The number of hydrogen-bond donors (Lipinski definition) is 0. The Bertz CT molecular complexity index is 283. The minimum Gasteiger partial charge on any atom is -0.465 e. The van der Waals surface area contributed by atoms with Crippen LogP contribution in [0.5, 0.6) is 0 Å². The van der Waals surface area contributed by atoms with Crippen LogP contribution in [0.15, 0.2) is 0 Å². The molecule has 0 aromatic heterocycles. The molecule has 0 aromatic rings. The second-order valence-corrected chi connectivity index (χ2v) is 5.02. The second-order valence-electron chi connectivity index (χ2n) is 5.02. The van der Waals surface area contributed by atoms with Gasteiger partial charge in [0, 0.05) is 6.42 Å². The van der Waals surface area contributed by atoms with Gasteiger partial charge < -0.3 is 4.74 Å². The summed E-state index contributed by atoms with van der Waals surface area (Å²) in [5, 5.41) is 0. The van der Waals surface area contributed by atoms with Gasteiger partial charge in [0.2, 0.25) is 0 Å². The standard InChI is InChI=1S/C13H22O3/c1-5-10-8-13(10,12(15)16-6-2)11(14)7-9(3)4/h9-10H,5-8H2,1-4H3. The summed E-state index contributed by atoms with van der Waals surface area (Å²) in [5.74, 6) is 0.287. The smallest absolute Gasteiger partial charge is 0.319 e. The average Bonchev–Trinajstić information content (AvgIpc) is 2.92. The molecule has 0 spiro atoms. The quantitative estimate of drug-likeness (QED) is 0.516. The first kappa shape index (κ1) is 13.2. The van der Waals surface area contributed by atoms with E-state index in [1.807, 2.05) is 20.8 Å². The number of esters is 1. The molecule has 0 aliphatic heterocycles. The Morgan fingerprint density at radius 1 is 1.38 bits per heavy atom. The van der Waals surface area contributed by atoms with Crippen molar-refractivity contribution < 1.29 is 14.3 Å². The van der Waals surface area contributed by atoms with Gasteiger partial charge in [-0.15, -0.1) is 0 Å². The Labute approximate surface area is 97.5 Å². The van der Waals surface area contributed by atoms with E-state index < -0.39 is 5.41 Å². The minimum atomic E-state index is -0.783. The highest BCUT2D eigenvalue weighted by atomic mass is 16.5. The van der Waals surface area contributed by atoms with Gasteiger partial charge in [-0.1, -0.05) is 27.2 Å². The summed E-state index contributed by atoms with van der Waals surface area (Å²) in [4.78, 5) is 24.0. The van der Waals surface area contributed by atoms with Crippen molar-refractivity contribution >= 4 is 11.8 Å². The molecular weight excluding hydrogens is 204 g/mol. The Balaban J connectivity index is 2.75. The number of rotatable bonds is 6. The van der Waals surface area contributed by atoms with E-state index in [1.54, 1.807) is 6.92 Å². The van der Waals surface area contributed by atoms with E-state index in [0.29, 0.717) is 25.4 Å². The minimum absolute atomic E-state index is 0.0767. The maximum absolute atomic E-state index is 12.1. The molecule has 1 aliphatic carbocycles. The van der Waals surface area contributed by atoms with Crippen LogP contribution < -0.4 is 0 Å². The van der Waals surface area contributed by atoms with Gasteiger partial charge in [0.15, 0.2) is 5.78 Å². The molecule has 0 amide bonds. The molecule has 3 heteroatoms. The molecule has 1 rings (SSSR count). The normalized spacial score (nSPS) is 27.9. The van der Waals surface area contributed by atoms with Gasteiger partial charge >= 0.3 is 5.97 Å². The Morgan fingerprint density at radius 3 is 2.38 bits per heavy atom. The van der Waals surface area contributed by atoms with Gasteiger partial charge in [0.25, 0.3) is 0 Å². The third-order valence-corrected chi connectivity index (χ3v) is 3.33. The summed E-state index contributed by atoms with van der Waals surface area (Å²) in [7, 11) is 0. The maximum Gasteiger partial charge on any atom is 0.319 e. The van der Waals surface area contributed by atoms with Crippen molar-refractivity contribution in [2.75, 3.05) is 6.61 Å². The highest BCUT2D eigenvalue weighted by Gasteiger charge is 2.64. The third-order valence-electron chi connectivity index (χ3n) is 3.33. The lowest BCUT2D eigenvalue weighted by Crippen LogP contribution is -2.31. The van der Waals surface area contributed by atoms with Gasteiger partial charge in [0.1, 0.15) is 5.41 Å². The van der Waals surface area contributed by atoms with Crippen molar-refractivity contribution in [3.05, 3.63) is 0 Å². The van der Waals surface area contributed by atoms with Crippen molar-refractivity contribution in [2.45, 2.75) is 47.0 Å². The van der Waals surface area contributed by atoms with Crippen LogP contribution in [0.1, 0.15) is 47.0 Å². The predicted octanol–water partition coefficient (Wildman–Crippen LogP) is 2.58. The average molecular weight is 226 g/mol. The molecule has 16 heavy (non-hydrogen) atoms. The highest BCUT2D eigenvalue weighted by Crippen LogP contribution is 2.56. The number of Topliss-reactive ketones (excluding diaryl/α,β-unsaturated/α-hetero) is 1. The van der Waals surface area contributed by atoms with Crippen LogP contribution in [-0.4, -0.2) is 18.4 Å². The van der Waals surface area contributed by atoms with E-state index in [0.717, 1.165) is 6.42 Å². The molecular formula is C13H22O3. The number of carbonyl (C=O) groups excluding carboxylic acids is 2. The SMILES string of the molecule is CCOC(=O)C1(C(=O)CC(C)C)CC1CC. The molecule has 0 bridgehead atoms. The topological polar surface area (TPSA) is 43.4 Å². The van der Waals surface area contributed by atoms with Gasteiger partial charge in [-0.05, 0) is 25.2 Å². The first-order valence-electron chi connectivity index (χ1n) is 6.19. The van der Waals surface area contributed by atoms with Crippen molar-refractivity contribution in [3.63, 3.8) is 0 Å². The van der Waals surface area contributed by atoms with E-state index in [1.165, 1.54) is 0 Å². The van der Waals surface area contributed by atoms with Crippen LogP contribution in [0, 0.1) is 17.3 Å². The lowest BCUT2D eigenvalue weighted by atomic mass is 9.91. The lowest BCUT2D eigenvalue weighted by Gasteiger charge is -2.15. The first-order valence-corrected chi connectivity index (χ1v) is 6.19. The van der Waals surface area contributed by atoms with Crippen LogP contribution in [0.3, 0.4) is 0 Å². The van der Waals surface area contributed by atoms with Crippen molar-refractivity contribution in [2.24, 2.45) is 17.3 Å². The molecule has 0 radical (unpaired) electrons. The maximum atomic E-state index is 12.1. The fraction of sp³-hybridized carbons (Fsp3) is 0.846. The monoisotopic (exact) mass is 226 g/mol. The van der Waals surface area contributed by atoms with Gasteiger partial charge in [-0.3, -0.25) is 9.59 Å². The molecule has 0 heterocycles. The number of carbonyl (C=O) groups is 2. The molecule has 1 fully saturated rings. The van der Waals surface area contributed by atoms with Crippen LogP contribution in [-0.2, 0) is 14.3 Å². The van der Waals surface area contributed by atoms with E-state index in [4.69, 9.17) is 4.74 Å². The lowest BCUT2D eigenvalue weighted by molar-refractivity contribution is -0.154. The summed E-state index contributed by atoms with van der Waals surface area (Å²) < 4.78 is 5.04. The van der Waals surface area contributed by atoms with Gasteiger partial charge in [0.05, 0.1) is 6.61 Å². The fourth-order valence-electron chi connectivity index (χ4n) is 2.34. The molecule has 92 valence electrons. The summed E-state index contributed by atoms with van der Waals surface area (Å²) >= 11 is 0. The van der Waals surface area contributed by atoms with Crippen molar-refractivity contribution in [1.82, 2.24) is 0 Å². The van der Waals surface area contributed by atoms with E-state index in [2.05, 4.69) is 0 Å². The third kappa shape index (κ3) is 2.28. The Morgan fingerprint density at radius 2 is 2.00 bits per heavy atom. The van der Waals surface area contributed by atoms with Crippen LogP contribution in [0.4, 0.5) is 0 Å². The number of ether oxygens (including phenoxy) is 1.